The Labute approximate surface area is 130 Å². The van der Waals surface area contributed by atoms with Crippen molar-refractivity contribution in [3.63, 3.8) is 0 Å². The van der Waals surface area contributed by atoms with Gasteiger partial charge in [-0.25, -0.2) is 13.4 Å². The fourth-order valence-electron chi connectivity index (χ4n) is 2.82. The first-order chi connectivity index (χ1) is 10.5. The average molecular weight is 324 g/mol. The first-order valence-electron chi connectivity index (χ1n) is 7.48. The van der Waals surface area contributed by atoms with Crippen LogP contribution >= 0.6 is 0 Å². The first kappa shape index (κ1) is 15.2. The number of pyridine rings is 1. The molecule has 3 heterocycles. The van der Waals surface area contributed by atoms with E-state index in [1.165, 1.54) is 10.5 Å². The van der Waals surface area contributed by atoms with Crippen LogP contribution in [0.1, 0.15) is 19.8 Å². The van der Waals surface area contributed by atoms with Crippen LogP contribution in [0.5, 0.6) is 0 Å². The Kier molecular flexibility index (Phi) is 4.05. The predicted molar refractivity (Wildman–Crippen MR) is 82.0 cm³/mol. The molecule has 7 nitrogen and oxygen atoms in total. The lowest BCUT2D eigenvalue weighted by Crippen LogP contribution is -2.53. The number of hydrogen-bond acceptors (Lipinski definition) is 5. The summed E-state index contributed by atoms with van der Waals surface area (Å²) in [7, 11) is -3.44. The molecule has 2 fully saturated rings. The molecule has 8 heteroatoms. The van der Waals surface area contributed by atoms with Crippen LogP contribution in [-0.4, -0.2) is 55.8 Å². The predicted octanol–water partition coefficient (Wildman–Crippen LogP) is 0.191. The molecule has 1 aromatic heterocycles. The molecular weight excluding hydrogens is 304 g/mol. The Balaban J connectivity index is 1.82. The molecule has 3 rings (SSSR count). The second-order valence-electron chi connectivity index (χ2n) is 5.74. The number of carbonyl (C=O) groups excluding carboxylic acids is 1. The van der Waals surface area contributed by atoms with Crippen LogP contribution in [0.2, 0.25) is 0 Å². The Morgan fingerprint density at radius 1 is 1.27 bits per heavy atom. The number of anilines is 1. The SMILES string of the molecule is CC1CNC(=O)CN1c1ccc(S(=O)(=O)N2CCCC2)cn1. The third-order valence-electron chi connectivity index (χ3n) is 4.16. The Morgan fingerprint density at radius 3 is 2.64 bits per heavy atom. The largest absolute Gasteiger partial charge is 0.353 e. The second-order valence-corrected chi connectivity index (χ2v) is 7.68. The van der Waals surface area contributed by atoms with E-state index < -0.39 is 10.0 Å². The molecule has 0 saturated carbocycles. The zero-order valence-electron chi connectivity index (χ0n) is 12.5. The maximum atomic E-state index is 12.4. The minimum Gasteiger partial charge on any atom is -0.353 e. The zero-order valence-corrected chi connectivity index (χ0v) is 13.3. The maximum Gasteiger partial charge on any atom is 0.244 e. The summed E-state index contributed by atoms with van der Waals surface area (Å²) in [6.45, 7) is 3.96. The molecule has 1 atom stereocenters. The van der Waals surface area contributed by atoms with Crippen molar-refractivity contribution in [3.8, 4) is 0 Å². The lowest BCUT2D eigenvalue weighted by Gasteiger charge is -2.34. The highest BCUT2D eigenvalue weighted by atomic mass is 32.2. The summed E-state index contributed by atoms with van der Waals surface area (Å²) in [5.74, 6) is 0.580. The van der Waals surface area contributed by atoms with E-state index >= 15 is 0 Å². The Bertz CT molecular complexity index is 653. The maximum absolute atomic E-state index is 12.4. The highest BCUT2D eigenvalue weighted by Gasteiger charge is 2.28. The number of carbonyl (C=O) groups is 1. The minimum atomic E-state index is -3.44. The number of aromatic nitrogens is 1. The number of nitrogens with zero attached hydrogens (tertiary/aromatic N) is 3. The van der Waals surface area contributed by atoms with Crippen LogP contribution < -0.4 is 10.2 Å². The van der Waals surface area contributed by atoms with Crippen LogP contribution in [0.25, 0.3) is 0 Å². The van der Waals surface area contributed by atoms with E-state index in [4.69, 9.17) is 0 Å². The van der Waals surface area contributed by atoms with Crippen molar-refractivity contribution in [1.82, 2.24) is 14.6 Å². The molecular formula is C14H20N4O3S. The molecule has 0 spiro atoms. The number of piperazine rings is 1. The van der Waals surface area contributed by atoms with Crippen molar-refractivity contribution in [2.75, 3.05) is 31.1 Å². The van der Waals surface area contributed by atoms with Gasteiger partial charge < -0.3 is 10.2 Å². The van der Waals surface area contributed by atoms with E-state index in [1.54, 1.807) is 12.1 Å². The lowest BCUT2D eigenvalue weighted by molar-refractivity contribution is -0.120. The van der Waals surface area contributed by atoms with Crippen LogP contribution in [-0.2, 0) is 14.8 Å². The lowest BCUT2D eigenvalue weighted by atomic mass is 10.2. The zero-order chi connectivity index (χ0) is 15.7. The standard InChI is InChI=1S/C14H20N4O3S/c1-11-8-16-14(19)10-18(11)13-5-4-12(9-15-13)22(20,21)17-6-2-3-7-17/h4-5,9,11H,2-3,6-8,10H2,1H3,(H,16,19). The molecule has 0 bridgehead atoms. The molecule has 1 N–H and O–H groups in total. The van der Waals surface area contributed by atoms with E-state index in [0.29, 0.717) is 25.5 Å². The third-order valence-corrected chi connectivity index (χ3v) is 6.04. The number of rotatable bonds is 3. The molecule has 2 aliphatic rings. The van der Waals surface area contributed by atoms with E-state index in [1.807, 2.05) is 11.8 Å². The van der Waals surface area contributed by atoms with Gasteiger partial charge in [0.1, 0.15) is 10.7 Å². The van der Waals surface area contributed by atoms with Crippen molar-refractivity contribution < 1.29 is 13.2 Å². The summed E-state index contributed by atoms with van der Waals surface area (Å²) < 4.78 is 26.4. The molecule has 120 valence electrons. The summed E-state index contributed by atoms with van der Waals surface area (Å²) in [6, 6.07) is 3.39. The fourth-order valence-corrected chi connectivity index (χ4v) is 4.28. The van der Waals surface area contributed by atoms with Crippen molar-refractivity contribution in [3.05, 3.63) is 18.3 Å². The minimum absolute atomic E-state index is 0.0475. The summed E-state index contributed by atoms with van der Waals surface area (Å²) in [6.07, 6.45) is 3.21. The van der Waals surface area contributed by atoms with Crippen molar-refractivity contribution in [2.45, 2.75) is 30.7 Å². The smallest absolute Gasteiger partial charge is 0.244 e. The molecule has 1 unspecified atom stereocenters. The third kappa shape index (κ3) is 2.80. The van der Waals surface area contributed by atoms with Gasteiger partial charge in [0.05, 0.1) is 6.54 Å². The van der Waals surface area contributed by atoms with Gasteiger partial charge in [-0.2, -0.15) is 4.31 Å². The monoisotopic (exact) mass is 324 g/mol. The van der Waals surface area contributed by atoms with Gasteiger partial charge >= 0.3 is 0 Å². The quantitative estimate of drug-likeness (QED) is 0.858. The number of sulfonamides is 1. The normalized spacial score (nSPS) is 23.6. The Hall–Kier alpha value is -1.67. The Morgan fingerprint density at radius 2 is 2.00 bits per heavy atom. The molecule has 1 aromatic rings. The van der Waals surface area contributed by atoms with Crippen molar-refractivity contribution >= 4 is 21.7 Å². The molecule has 22 heavy (non-hydrogen) atoms. The van der Waals surface area contributed by atoms with E-state index in [9.17, 15) is 13.2 Å². The van der Waals surface area contributed by atoms with Crippen LogP contribution in [0, 0.1) is 0 Å². The average Bonchev–Trinajstić information content (AvgIpc) is 3.05. The molecule has 2 saturated heterocycles. The topological polar surface area (TPSA) is 82.6 Å². The van der Waals surface area contributed by atoms with Gasteiger partial charge in [-0.3, -0.25) is 4.79 Å². The summed E-state index contributed by atoms with van der Waals surface area (Å²) >= 11 is 0. The number of amides is 1. The number of hydrogen-bond donors (Lipinski definition) is 1. The van der Waals surface area contributed by atoms with Crippen molar-refractivity contribution in [2.24, 2.45) is 0 Å². The van der Waals surface area contributed by atoms with Crippen LogP contribution in [0.4, 0.5) is 5.82 Å². The van der Waals surface area contributed by atoms with E-state index in [0.717, 1.165) is 12.8 Å². The molecule has 1 amide bonds. The number of nitrogens with one attached hydrogen (secondary N) is 1. The molecule has 0 aliphatic carbocycles. The summed E-state index contributed by atoms with van der Waals surface area (Å²) in [5.41, 5.74) is 0. The van der Waals surface area contributed by atoms with Gasteiger partial charge in [-0.15, -0.1) is 0 Å². The van der Waals surface area contributed by atoms with Gasteiger partial charge in [0.15, 0.2) is 0 Å². The van der Waals surface area contributed by atoms with Crippen LogP contribution in [0.15, 0.2) is 23.2 Å². The van der Waals surface area contributed by atoms with E-state index in [-0.39, 0.29) is 23.4 Å². The van der Waals surface area contributed by atoms with Gasteiger partial charge in [-0.05, 0) is 31.9 Å². The second kappa shape index (κ2) is 5.85. The molecule has 0 radical (unpaired) electrons. The first-order valence-corrected chi connectivity index (χ1v) is 8.92. The van der Waals surface area contributed by atoms with E-state index in [2.05, 4.69) is 10.3 Å². The van der Waals surface area contributed by atoms with Gasteiger partial charge in [0.25, 0.3) is 0 Å². The summed E-state index contributed by atoms with van der Waals surface area (Å²) in [4.78, 5) is 17.9. The van der Waals surface area contributed by atoms with Gasteiger partial charge in [-0.1, -0.05) is 0 Å². The highest BCUT2D eigenvalue weighted by Crippen LogP contribution is 2.22. The van der Waals surface area contributed by atoms with Crippen molar-refractivity contribution in [1.29, 1.82) is 0 Å². The van der Waals surface area contributed by atoms with Crippen LogP contribution in [0.3, 0.4) is 0 Å². The molecule has 0 aromatic carbocycles. The highest BCUT2D eigenvalue weighted by molar-refractivity contribution is 7.89. The summed E-state index contributed by atoms with van der Waals surface area (Å²) in [5, 5.41) is 2.79. The van der Waals surface area contributed by atoms with Gasteiger partial charge in [0.2, 0.25) is 15.9 Å². The molecule has 2 aliphatic heterocycles. The van der Waals surface area contributed by atoms with Gasteiger partial charge in [0, 0.05) is 31.9 Å². The fraction of sp³-hybridized carbons (Fsp3) is 0.571.